The van der Waals surface area contributed by atoms with Gasteiger partial charge in [-0.15, -0.1) is 0 Å². The Morgan fingerprint density at radius 3 is 2.48 bits per heavy atom. The molecule has 1 amide bonds. The molecule has 2 atom stereocenters. The second-order valence-corrected chi connectivity index (χ2v) is 13.5. The van der Waals surface area contributed by atoms with Crippen molar-refractivity contribution in [1.29, 1.82) is 0 Å². The number of alkyl halides is 3. The molecular weight excluding hydrogens is 670 g/mol. The summed E-state index contributed by atoms with van der Waals surface area (Å²) in [6.45, 7) is 7.74. The Labute approximate surface area is 283 Å². The van der Waals surface area contributed by atoms with Gasteiger partial charge in [0.05, 0.1) is 11.6 Å². The van der Waals surface area contributed by atoms with Gasteiger partial charge in [0.25, 0.3) is 0 Å². The van der Waals surface area contributed by atoms with Crippen molar-refractivity contribution in [2.45, 2.75) is 51.4 Å². The van der Waals surface area contributed by atoms with Gasteiger partial charge >= 0.3 is 18.3 Å². The minimum absolute atomic E-state index is 0.0190. The van der Waals surface area contributed by atoms with E-state index in [0.717, 1.165) is 6.07 Å². The highest BCUT2D eigenvalue weighted by Gasteiger charge is 2.59. The number of hydrogen-bond donors (Lipinski definition) is 1. The molecule has 3 aromatic carbocycles. The molecule has 6 rings (SSSR count). The van der Waals surface area contributed by atoms with Gasteiger partial charge in [0.1, 0.15) is 17.1 Å². The number of fused-ring (bicyclic) bond motifs is 4. The number of carbonyl (C=O) groups is 1. The normalized spacial score (nSPS) is 19.4. The highest BCUT2D eigenvalue weighted by Crippen LogP contribution is 2.51. The molecule has 15 heteroatoms. The lowest BCUT2D eigenvalue weighted by Gasteiger charge is -2.54. The second-order valence-electron chi connectivity index (χ2n) is 13.5. The zero-order valence-corrected chi connectivity index (χ0v) is 27.6. The average molecular weight is 705 g/mol. The van der Waals surface area contributed by atoms with Gasteiger partial charge in [0, 0.05) is 36.5 Å². The summed E-state index contributed by atoms with van der Waals surface area (Å²) in [6, 6.07) is 5.11. The summed E-state index contributed by atoms with van der Waals surface area (Å²) in [5, 5.41) is 10.2. The van der Waals surface area contributed by atoms with Crippen LogP contribution in [0.4, 0.5) is 37.0 Å². The summed E-state index contributed by atoms with van der Waals surface area (Å²) in [7, 11) is 1.38. The monoisotopic (exact) mass is 704 g/mol. The molecule has 0 unspecified atom stereocenters. The predicted octanol–water partition coefficient (Wildman–Crippen LogP) is 8.18. The molecule has 3 heterocycles. The highest BCUT2D eigenvalue weighted by molar-refractivity contribution is 6.04. The van der Waals surface area contributed by atoms with Crippen LogP contribution in [0.25, 0.3) is 38.9 Å². The van der Waals surface area contributed by atoms with E-state index in [9.17, 15) is 27.5 Å². The minimum Gasteiger partial charge on any atom is -0.468 e. The van der Waals surface area contributed by atoms with Crippen molar-refractivity contribution in [3.63, 3.8) is 0 Å². The quantitative estimate of drug-likeness (QED) is 0.145. The number of ether oxygens (including phenoxy) is 3. The molecule has 50 heavy (non-hydrogen) atoms. The van der Waals surface area contributed by atoms with E-state index in [1.54, 1.807) is 4.90 Å². The Bertz CT molecular complexity index is 2020. The number of anilines is 1. The van der Waals surface area contributed by atoms with Gasteiger partial charge < -0.3 is 24.2 Å². The van der Waals surface area contributed by atoms with Crippen LogP contribution in [0.1, 0.15) is 39.2 Å². The number of hydrogen-bond acceptors (Lipinski definition) is 7. The van der Waals surface area contributed by atoms with E-state index in [4.69, 9.17) is 14.2 Å². The minimum atomic E-state index is -4.78. The Morgan fingerprint density at radius 1 is 1.10 bits per heavy atom. The van der Waals surface area contributed by atoms with Gasteiger partial charge in [0.2, 0.25) is 0 Å². The maximum atomic E-state index is 17.1. The maximum Gasteiger partial charge on any atom is 0.422 e. The summed E-state index contributed by atoms with van der Waals surface area (Å²) < 4.78 is 103. The number of piperazine rings is 1. The van der Waals surface area contributed by atoms with Crippen molar-refractivity contribution < 1.29 is 50.5 Å². The predicted molar refractivity (Wildman–Crippen MR) is 174 cm³/mol. The first-order valence-corrected chi connectivity index (χ1v) is 15.7. The van der Waals surface area contributed by atoms with E-state index in [2.05, 4.69) is 16.5 Å². The van der Waals surface area contributed by atoms with Gasteiger partial charge in [-0.05, 0) is 59.0 Å². The lowest BCUT2D eigenvalue weighted by molar-refractivity contribution is -0.154. The maximum absolute atomic E-state index is 17.1. The van der Waals surface area contributed by atoms with Crippen LogP contribution in [0.3, 0.4) is 0 Å². The standard InChI is InChI=1S/C35H34F6N4O5/c1-6-18-12-23-29(28(38)25(18)22-13-21(50-17-48-5)11-19-7-8-24(36)27(37)26(19)22)42-31(49-16-35(39,40)41)43-30(23)44-14-20-9-10-34(15-44,33(2,3)4)45(20)32(46)47/h6-8,11-13,20H,1,9-10,14-17H2,2-5H3,(H,46,47)/t20-,34-/m0/s1. The lowest BCUT2D eigenvalue weighted by Crippen LogP contribution is -2.68. The van der Waals surface area contributed by atoms with Crippen molar-refractivity contribution in [2.75, 3.05) is 38.5 Å². The molecule has 0 aliphatic carbocycles. The van der Waals surface area contributed by atoms with Crippen LogP contribution in [0, 0.1) is 22.9 Å². The first kappa shape index (κ1) is 35.1. The average Bonchev–Trinajstić information content (AvgIpc) is 3.31. The summed E-state index contributed by atoms with van der Waals surface area (Å²) in [5.41, 5.74) is -2.28. The first-order chi connectivity index (χ1) is 23.5. The molecule has 0 spiro atoms. The van der Waals surface area contributed by atoms with Gasteiger partial charge in [-0.2, -0.15) is 23.1 Å². The SMILES string of the molecule is C=Cc1cc2c(N3C[C@@H]4CC[C@@](C(C)(C)C)(C3)N4C(=O)O)nc(OCC(F)(F)F)nc2c(F)c1-c1cc(OCOC)cc2ccc(F)c(F)c12. The zero-order chi connectivity index (χ0) is 36.3. The fraction of sp³-hybridized carbons (Fsp3) is 0.400. The van der Waals surface area contributed by atoms with Crippen LogP contribution in [-0.4, -0.2) is 77.4 Å². The zero-order valence-electron chi connectivity index (χ0n) is 27.6. The largest absolute Gasteiger partial charge is 0.468 e. The summed E-state index contributed by atoms with van der Waals surface area (Å²) in [5.74, 6) is -3.40. The summed E-state index contributed by atoms with van der Waals surface area (Å²) >= 11 is 0. The third kappa shape index (κ3) is 5.90. The molecule has 266 valence electrons. The number of amides is 1. The molecule has 1 N–H and O–H groups in total. The van der Waals surface area contributed by atoms with Gasteiger partial charge in [-0.1, -0.05) is 39.5 Å². The molecule has 2 aliphatic rings. The fourth-order valence-electron chi connectivity index (χ4n) is 7.32. The topological polar surface area (TPSA) is 97.3 Å². The van der Waals surface area contributed by atoms with E-state index in [-0.39, 0.29) is 64.3 Å². The number of halogens is 6. The first-order valence-electron chi connectivity index (χ1n) is 15.7. The third-order valence-corrected chi connectivity index (χ3v) is 9.60. The molecule has 2 bridgehead atoms. The molecule has 1 aromatic heterocycles. The fourth-order valence-corrected chi connectivity index (χ4v) is 7.32. The van der Waals surface area contributed by atoms with Crippen LogP contribution >= 0.6 is 0 Å². The third-order valence-electron chi connectivity index (χ3n) is 9.60. The van der Waals surface area contributed by atoms with E-state index in [1.807, 2.05) is 20.8 Å². The molecule has 2 fully saturated rings. The van der Waals surface area contributed by atoms with Crippen molar-refractivity contribution in [3.05, 3.63) is 59.9 Å². The van der Waals surface area contributed by atoms with Crippen molar-refractivity contribution >= 4 is 39.7 Å². The van der Waals surface area contributed by atoms with Crippen molar-refractivity contribution in [3.8, 4) is 22.9 Å². The molecular formula is C35H34F6N4O5. The Hall–Kier alpha value is -4.79. The number of methoxy groups -OCH3 is 1. The van der Waals surface area contributed by atoms with E-state index in [1.165, 1.54) is 42.4 Å². The molecule has 4 aromatic rings. The van der Waals surface area contributed by atoms with Gasteiger partial charge in [-0.25, -0.2) is 18.0 Å². The Balaban J connectivity index is 1.62. The van der Waals surface area contributed by atoms with E-state index in [0.29, 0.717) is 12.8 Å². The summed E-state index contributed by atoms with van der Waals surface area (Å²) in [6.07, 6.45) is -3.54. The van der Waals surface area contributed by atoms with Crippen LogP contribution in [0.5, 0.6) is 11.8 Å². The Kier molecular flexibility index (Phi) is 8.77. The van der Waals surface area contributed by atoms with Crippen molar-refractivity contribution in [2.24, 2.45) is 5.41 Å². The number of benzene rings is 3. The Morgan fingerprint density at radius 2 is 1.84 bits per heavy atom. The van der Waals surface area contributed by atoms with Gasteiger partial charge in [-0.3, -0.25) is 4.90 Å². The molecule has 0 radical (unpaired) electrons. The van der Waals surface area contributed by atoms with Crippen LogP contribution < -0.4 is 14.4 Å². The smallest absolute Gasteiger partial charge is 0.422 e. The van der Waals surface area contributed by atoms with Crippen LogP contribution in [0.2, 0.25) is 0 Å². The highest BCUT2D eigenvalue weighted by atomic mass is 19.4. The van der Waals surface area contributed by atoms with Crippen LogP contribution in [-0.2, 0) is 4.74 Å². The number of nitrogens with zero attached hydrogens (tertiary/aromatic N) is 4. The van der Waals surface area contributed by atoms with E-state index < -0.39 is 64.9 Å². The van der Waals surface area contributed by atoms with Gasteiger partial charge in [0.15, 0.2) is 30.9 Å². The number of rotatable bonds is 8. The number of aromatic nitrogens is 2. The van der Waals surface area contributed by atoms with Crippen molar-refractivity contribution in [1.82, 2.24) is 14.9 Å². The second kappa shape index (κ2) is 12.5. The number of carboxylic acid groups (broad SMARTS) is 1. The molecule has 0 saturated carbocycles. The molecule has 9 nitrogen and oxygen atoms in total. The molecule has 2 aliphatic heterocycles. The molecule has 2 saturated heterocycles. The van der Waals surface area contributed by atoms with Crippen LogP contribution in [0.15, 0.2) is 36.9 Å². The lowest BCUT2D eigenvalue weighted by atomic mass is 9.71. The van der Waals surface area contributed by atoms with E-state index >= 15 is 8.78 Å². The summed E-state index contributed by atoms with van der Waals surface area (Å²) in [4.78, 5) is 24.1.